The summed E-state index contributed by atoms with van der Waals surface area (Å²) in [5.74, 6) is 0.878. The van der Waals surface area contributed by atoms with Gasteiger partial charge in [0.2, 0.25) is 11.8 Å². The number of carbonyl (C=O) groups is 2. The Kier molecular flexibility index (Phi) is 6.35. The first-order valence-corrected chi connectivity index (χ1v) is 8.18. The van der Waals surface area contributed by atoms with E-state index in [1.165, 1.54) is 11.0 Å². The van der Waals surface area contributed by atoms with Gasteiger partial charge in [0.25, 0.3) is 0 Å². The summed E-state index contributed by atoms with van der Waals surface area (Å²) in [7, 11) is 3.10. The Hall–Kier alpha value is -2.61. The molecule has 1 heterocycles. The number of aryl methyl sites for hydroxylation is 1. The number of nitrogens with zero attached hydrogens (tertiary/aromatic N) is 2. The van der Waals surface area contributed by atoms with Gasteiger partial charge in [-0.2, -0.15) is 0 Å². The zero-order chi connectivity index (χ0) is 18.4. The lowest BCUT2D eigenvalue weighted by Gasteiger charge is -2.14. The molecule has 0 saturated heterocycles. The minimum Gasteiger partial charge on any atom is -0.496 e. The average molecular weight is 408 g/mol. The molecular weight excluding hydrogens is 390 g/mol. The molecule has 0 bridgehead atoms. The fourth-order valence-electron chi connectivity index (χ4n) is 2.02. The van der Waals surface area contributed by atoms with Crippen LogP contribution in [0.5, 0.6) is 5.75 Å². The number of rotatable bonds is 6. The fraction of sp³-hybridized carbons (Fsp3) is 0.235. The Morgan fingerprint density at radius 3 is 2.80 bits per heavy atom. The molecule has 0 radical (unpaired) electrons. The number of likely N-dealkylation sites (N-methyl/N-ethyl adjacent to an activating group) is 1. The van der Waals surface area contributed by atoms with Crippen molar-refractivity contribution >= 4 is 39.6 Å². The molecule has 1 aromatic heterocycles. The van der Waals surface area contributed by atoms with Gasteiger partial charge in [-0.1, -0.05) is 21.1 Å². The molecule has 25 heavy (non-hydrogen) atoms. The molecule has 1 N–H and O–H groups in total. The number of amides is 2. The molecule has 132 valence electrons. The SMILES string of the molecule is COc1ccc(Br)cc1/C=C/C(=O)N(C)CC(=O)Nc1cc(C)on1. The van der Waals surface area contributed by atoms with Crippen LogP contribution in [0.1, 0.15) is 11.3 Å². The molecule has 2 aromatic rings. The van der Waals surface area contributed by atoms with E-state index in [4.69, 9.17) is 9.26 Å². The van der Waals surface area contributed by atoms with Crippen molar-refractivity contribution in [2.24, 2.45) is 0 Å². The highest BCUT2D eigenvalue weighted by Crippen LogP contribution is 2.24. The fourth-order valence-corrected chi connectivity index (χ4v) is 2.40. The lowest BCUT2D eigenvalue weighted by molar-refractivity contribution is -0.129. The molecule has 0 fully saturated rings. The Balaban J connectivity index is 1.95. The molecule has 0 unspecified atom stereocenters. The number of ether oxygens (including phenoxy) is 1. The second-order valence-electron chi connectivity index (χ2n) is 5.28. The van der Waals surface area contributed by atoms with E-state index in [9.17, 15) is 9.59 Å². The van der Waals surface area contributed by atoms with Gasteiger partial charge >= 0.3 is 0 Å². The number of aromatic nitrogens is 1. The van der Waals surface area contributed by atoms with E-state index < -0.39 is 0 Å². The summed E-state index contributed by atoms with van der Waals surface area (Å²) in [4.78, 5) is 25.4. The molecule has 0 saturated carbocycles. The number of methoxy groups -OCH3 is 1. The molecular formula is C17H18BrN3O4. The summed E-state index contributed by atoms with van der Waals surface area (Å²) in [6.45, 7) is 1.62. The van der Waals surface area contributed by atoms with Crippen LogP contribution in [0.2, 0.25) is 0 Å². The van der Waals surface area contributed by atoms with Crippen molar-refractivity contribution in [1.29, 1.82) is 0 Å². The number of carbonyl (C=O) groups excluding carboxylic acids is 2. The molecule has 0 aliphatic rings. The molecule has 2 rings (SSSR count). The zero-order valence-electron chi connectivity index (χ0n) is 14.1. The van der Waals surface area contributed by atoms with Crippen LogP contribution in [0, 0.1) is 6.92 Å². The molecule has 0 aliphatic carbocycles. The predicted molar refractivity (Wildman–Crippen MR) is 97.2 cm³/mol. The summed E-state index contributed by atoms with van der Waals surface area (Å²) < 4.78 is 11.0. The van der Waals surface area contributed by atoms with Crippen LogP contribution in [0.3, 0.4) is 0 Å². The Bertz CT molecular complexity index is 801. The summed E-state index contributed by atoms with van der Waals surface area (Å²) in [6.07, 6.45) is 3.03. The molecule has 1 aromatic carbocycles. The maximum absolute atomic E-state index is 12.2. The summed E-state index contributed by atoms with van der Waals surface area (Å²) in [5.41, 5.74) is 0.751. The van der Waals surface area contributed by atoms with Crippen molar-refractivity contribution in [2.75, 3.05) is 26.0 Å². The maximum atomic E-state index is 12.2. The Morgan fingerprint density at radius 1 is 1.40 bits per heavy atom. The van der Waals surface area contributed by atoms with Crippen LogP contribution < -0.4 is 10.1 Å². The van der Waals surface area contributed by atoms with Crippen LogP contribution in [-0.4, -0.2) is 42.6 Å². The topological polar surface area (TPSA) is 84.7 Å². The molecule has 0 atom stereocenters. The molecule has 0 aliphatic heterocycles. The van der Waals surface area contributed by atoms with Gasteiger partial charge in [-0.05, 0) is 31.2 Å². The number of hydrogen-bond acceptors (Lipinski definition) is 5. The highest BCUT2D eigenvalue weighted by molar-refractivity contribution is 9.10. The van der Waals surface area contributed by atoms with E-state index in [2.05, 4.69) is 26.4 Å². The first kappa shape index (κ1) is 18.7. The molecule has 8 heteroatoms. The summed E-state index contributed by atoms with van der Waals surface area (Å²) in [6, 6.07) is 7.08. The lowest BCUT2D eigenvalue weighted by Crippen LogP contribution is -2.33. The summed E-state index contributed by atoms with van der Waals surface area (Å²) in [5, 5.41) is 6.23. The van der Waals surface area contributed by atoms with Crippen LogP contribution >= 0.6 is 15.9 Å². The number of benzene rings is 1. The van der Waals surface area contributed by atoms with E-state index in [0.717, 1.165) is 10.0 Å². The number of halogens is 1. The van der Waals surface area contributed by atoms with Crippen molar-refractivity contribution in [3.8, 4) is 5.75 Å². The quantitative estimate of drug-likeness (QED) is 0.744. The van der Waals surface area contributed by atoms with Crippen molar-refractivity contribution in [3.05, 3.63) is 46.1 Å². The van der Waals surface area contributed by atoms with Gasteiger partial charge in [0.05, 0.1) is 13.7 Å². The average Bonchev–Trinajstić information content (AvgIpc) is 2.97. The highest BCUT2D eigenvalue weighted by atomic mass is 79.9. The van der Waals surface area contributed by atoms with Crippen molar-refractivity contribution in [1.82, 2.24) is 10.1 Å². The lowest BCUT2D eigenvalue weighted by atomic mass is 10.2. The van der Waals surface area contributed by atoms with E-state index in [1.54, 1.807) is 39.3 Å². The second kappa shape index (κ2) is 8.48. The van der Waals surface area contributed by atoms with Crippen molar-refractivity contribution in [3.63, 3.8) is 0 Å². The largest absolute Gasteiger partial charge is 0.496 e. The normalized spacial score (nSPS) is 10.7. The predicted octanol–water partition coefficient (Wildman–Crippen LogP) is 2.86. The smallest absolute Gasteiger partial charge is 0.246 e. The number of anilines is 1. The Labute approximate surface area is 153 Å². The first-order valence-electron chi connectivity index (χ1n) is 7.39. The maximum Gasteiger partial charge on any atom is 0.246 e. The van der Waals surface area contributed by atoms with Crippen LogP contribution in [0.25, 0.3) is 6.08 Å². The third-order valence-electron chi connectivity index (χ3n) is 3.25. The van der Waals surface area contributed by atoms with Gasteiger partial charge in [0.15, 0.2) is 5.82 Å². The number of hydrogen-bond donors (Lipinski definition) is 1. The Morgan fingerprint density at radius 2 is 2.16 bits per heavy atom. The van der Waals surface area contributed by atoms with Gasteiger partial charge in [-0.25, -0.2) is 0 Å². The van der Waals surface area contributed by atoms with E-state index >= 15 is 0 Å². The van der Waals surface area contributed by atoms with E-state index in [0.29, 0.717) is 17.3 Å². The van der Waals surface area contributed by atoms with E-state index in [1.807, 2.05) is 12.1 Å². The van der Waals surface area contributed by atoms with E-state index in [-0.39, 0.29) is 18.4 Å². The van der Waals surface area contributed by atoms with Gasteiger partial charge in [0, 0.05) is 29.2 Å². The van der Waals surface area contributed by atoms with Crippen LogP contribution in [0.4, 0.5) is 5.82 Å². The monoisotopic (exact) mass is 407 g/mol. The van der Waals surface area contributed by atoms with Gasteiger partial charge in [-0.15, -0.1) is 0 Å². The minimum absolute atomic E-state index is 0.106. The standard InChI is InChI=1S/C17H18BrN3O4/c1-11-8-15(20-25-11)19-16(22)10-21(2)17(23)7-4-12-9-13(18)5-6-14(12)24-3/h4-9H,10H2,1-3H3,(H,19,20,22)/b7-4+. The zero-order valence-corrected chi connectivity index (χ0v) is 15.7. The van der Waals surface area contributed by atoms with Crippen molar-refractivity contribution in [2.45, 2.75) is 6.92 Å². The first-order chi connectivity index (χ1) is 11.9. The van der Waals surface area contributed by atoms with Gasteiger partial charge < -0.3 is 19.5 Å². The van der Waals surface area contributed by atoms with Crippen LogP contribution in [-0.2, 0) is 9.59 Å². The number of nitrogens with one attached hydrogen (secondary N) is 1. The molecule has 2 amide bonds. The third-order valence-corrected chi connectivity index (χ3v) is 3.74. The third kappa shape index (κ3) is 5.46. The van der Waals surface area contributed by atoms with Crippen LogP contribution in [0.15, 0.2) is 39.3 Å². The minimum atomic E-state index is -0.363. The van der Waals surface area contributed by atoms with Crippen molar-refractivity contribution < 1.29 is 18.8 Å². The van der Waals surface area contributed by atoms with Gasteiger partial charge in [-0.3, -0.25) is 9.59 Å². The molecule has 7 nitrogen and oxygen atoms in total. The summed E-state index contributed by atoms with van der Waals surface area (Å²) >= 11 is 3.38. The molecule has 0 spiro atoms. The second-order valence-corrected chi connectivity index (χ2v) is 6.20. The highest BCUT2D eigenvalue weighted by Gasteiger charge is 2.12. The van der Waals surface area contributed by atoms with Gasteiger partial charge in [0.1, 0.15) is 11.5 Å².